The van der Waals surface area contributed by atoms with Crippen molar-refractivity contribution < 1.29 is 13.2 Å². The number of carbonyl (C=O) groups is 1. The van der Waals surface area contributed by atoms with Gasteiger partial charge in [0.25, 0.3) is 5.91 Å². The quantitative estimate of drug-likeness (QED) is 0.825. The van der Waals surface area contributed by atoms with Gasteiger partial charge in [0.1, 0.15) is 9.84 Å². The van der Waals surface area contributed by atoms with Gasteiger partial charge in [-0.1, -0.05) is 24.6 Å². The van der Waals surface area contributed by atoms with Gasteiger partial charge in [0.05, 0.1) is 11.4 Å². The minimum atomic E-state index is -3.10. The zero-order valence-electron chi connectivity index (χ0n) is 14.4. The molecule has 1 aliphatic rings. The molecule has 6 nitrogen and oxygen atoms in total. The molecule has 0 aliphatic heterocycles. The molecule has 0 saturated heterocycles. The average molecular weight is 361 g/mol. The third-order valence-corrected chi connectivity index (χ3v) is 5.35. The van der Waals surface area contributed by atoms with Crippen LogP contribution in [0.25, 0.3) is 5.69 Å². The summed E-state index contributed by atoms with van der Waals surface area (Å²) in [5, 5.41) is 7.27. The predicted octanol–water partition coefficient (Wildman–Crippen LogP) is 1.92. The molecule has 0 fully saturated rings. The first kappa shape index (κ1) is 17.7. The molecule has 1 amide bonds. The largest absolute Gasteiger partial charge is 0.350 e. The average Bonchev–Trinajstić information content (AvgIpc) is 2.76. The fourth-order valence-corrected chi connectivity index (χ4v) is 3.65. The molecule has 7 heteroatoms. The van der Waals surface area contributed by atoms with Crippen LogP contribution in [0, 0.1) is 0 Å². The number of aromatic nitrogens is 2. The second-order valence-electron chi connectivity index (χ2n) is 6.47. The van der Waals surface area contributed by atoms with E-state index in [0.29, 0.717) is 5.69 Å². The predicted molar refractivity (Wildman–Crippen MR) is 96.9 cm³/mol. The number of hydrogen-bond acceptors (Lipinski definition) is 4. The molecule has 134 valence electrons. The number of benzene rings is 1. The molecular weight excluding hydrogens is 338 g/mol. The molecule has 2 aromatic rings. The maximum absolute atomic E-state index is 12.6. The van der Waals surface area contributed by atoms with Gasteiger partial charge in [0.2, 0.25) is 0 Å². The number of hydrogen-bond donors (Lipinski definition) is 1. The Bertz CT molecular complexity index is 857. The van der Waals surface area contributed by atoms with Gasteiger partial charge in [-0.25, -0.2) is 13.1 Å². The molecule has 1 aromatic heterocycles. The number of nitrogens with zero attached hydrogens (tertiary/aromatic N) is 2. The van der Waals surface area contributed by atoms with E-state index in [-0.39, 0.29) is 18.2 Å². The van der Waals surface area contributed by atoms with Crippen LogP contribution < -0.4 is 5.32 Å². The van der Waals surface area contributed by atoms with Crippen molar-refractivity contribution in [2.75, 3.05) is 18.6 Å². The van der Waals surface area contributed by atoms with Crippen LogP contribution in [0.3, 0.4) is 0 Å². The normalized spacial score (nSPS) is 14.6. The van der Waals surface area contributed by atoms with Gasteiger partial charge < -0.3 is 5.32 Å². The molecule has 0 saturated carbocycles. The van der Waals surface area contributed by atoms with E-state index in [2.05, 4.69) is 10.4 Å². The lowest BCUT2D eigenvalue weighted by Crippen LogP contribution is -2.29. The summed E-state index contributed by atoms with van der Waals surface area (Å²) < 4.78 is 24.4. The molecule has 0 bridgehead atoms. The molecule has 1 N–H and O–H groups in total. The maximum Gasteiger partial charge on any atom is 0.272 e. The highest BCUT2D eigenvalue weighted by Crippen LogP contribution is 2.26. The van der Waals surface area contributed by atoms with E-state index in [9.17, 15) is 13.2 Å². The van der Waals surface area contributed by atoms with Crippen molar-refractivity contribution in [1.29, 1.82) is 0 Å². The van der Waals surface area contributed by atoms with Gasteiger partial charge in [-0.3, -0.25) is 4.79 Å². The van der Waals surface area contributed by atoms with Crippen LogP contribution in [0.1, 0.15) is 41.0 Å². The lowest BCUT2D eigenvalue weighted by Gasteiger charge is -2.06. The summed E-state index contributed by atoms with van der Waals surface area (Å²) in [6, 6.07) is 9.80. The van der Waals surface area contributed by atoms with Crippen molar-refractivity contribution in [3.05, 3.63) is 47.3 Å². The minimum Gasteiger partial charge on any atom is -0.350 e. The third kappa shape index (κ3) is 4.28. The van der Waals surface area contributed by atoms with Crippen LogP contribution >= 0.6 is 0 Å². The van der Waals surface area contributed by atoms with Crippen molar-refractivity contribution in [1.82, 2.24) is 15.1 Å². The Hall–Kier alpha value is -2.15. The second-order valence-corrected chi connectivity index (χ2v) is 8.73. The van der Waals surface area contributed by atoms with Crippen LogP contribution in [-0.4, -0.2) is 42.7 Å². The summed E-state index contributed by atoms with van der Waals surface area (Å²) >= 11 is 0. The van der Waals surface area contributed by atoms with Crippen molar-refractivity contribution in [3.8, 4) is 5.69 Å². The fourth-order valence-electron chi connectivity index (χ4n) is 3.17. The van der Waals surface area contributed by atoms with Gasteiger partial charge in [-0.05, 0) is 37.8 Å². The van der Waals surface area contributed by atoms with E-state index in [1.165, 1.54) is 0 Å². The molecule has 1 heterocycles. The van der Waals surface area contributed by atoms with Crippen molar-refractivity contribution >= 4 is 15.7 Å². The Kier molecular flexibility index (Phi) is 5.22. The standard InChI is InChI=1S/C18H23N3O3S/c1-25(23,24)13-12-19-18(22)17-15-10-6-3-7-11-16(15)21(20-17)14-8-4-2-5-9-14/h2,4-5,8-9H,3,6-7,10-13H2,1H3,(H,19,22). The highest BCUT2D eigenvalue weighted by Gasteiger charge is 2.24. The Labute approximate surface area is 148 Å². The molecule has 1 aromatic carbocycles. The molecule has 0 atom stereocenters. The first-order chi connectivity index (χ1) is 12.0. The van der Waals surface area contributed by atoms with Crippen LogP contribution in [-0.2, 0) is 22.7 Å². The number of fused-ring (bicyclic) bond motifs is 1. The smallest absolute Gasteiger partial charge is 0.272 e. The van der Waals surface area contributed by atoms with Gasteiger partial charge >= 0.3 is 0 Å². The highest BCUT2D eigenvalue weighted by molar-refractivity contribution is 7.90. The van der Waals surface area contributed by atoms with Crippen molar-refractivity contribution in [2.45, 2.75) is 32.1 Å². The fraction of sp³-hybridized carbons (Fsp3) is 0.444. The monoisotopic (exact) mass is 361 g/mol. The number of rotatable bonds is 5. The first-order valence-corrected chi connectivity index (χ1v) is 10.6. The van der Waals surface area contributed by atoms with E-state index in [1.54, 1.807) is 0 Å². The summed E-state index contributed by atoms with van der Waals surface area (Å²) in [5.74, 6) is -0.364. The Morgan fingerprint density at radius 3 is 2.60 bits per heavy atom. The van der Waals surface area contributed by atoms with E-state index < -0.39 is 9.84 Å². The van der Waals surface area contributed by atoms with Crippen LogP contribution in [0.5, 0.6) is 0 Å². The van der Waals surface area contributed by atoms with Crippen molar-refractivity contribution in [3.63, 3.8) is 0 Å². The molecule has 0 unspecified atom stereocenters. The number of amides is 1. The molecule has 3 rings (SSSR count). The topological polar surface area (TPSA) is 81.1 Å². The second kappa shape index (κ2) is 7.39. The Morgan fingerprint density at radius 1 is 1.16 bits per heavy atom. The number of sulfone groups is 1. The zero-order chi connectivity index (χ0) is 17.9. The molecular formula is C18H23N3O3S. The zero-order valence-corrected chi connectivity index (χ0v) is 15.2. The Balaban J connectivity index is 1.91. The van der Waals surface area contributed by atoms with E-state index in [4.69, 9.17) is 0 Å². The van der Waals surface area contributed by atoms with Gasteiger partial charge in [-0.2, -0.15) is 5.10 Å². The number of nitrogens with one attached hydrogen (secondary N) is 1. The number of para-hydroxylation sites is 1. The lowest BCUT2D eigenvalue weighted by atomic mass is 10.1. The number of carbonyl (C=O) groups excluding carboxylic acids is 1. The summed E-state index contributed by atoms with van der Waals surface area (Å²) in [5.41, 5.74) is 3.46. The van der Waals surface area contributed by atoms with E-state index >= 15 is 0 Å². The maximum atomic E-state index is 12.6. The summed E-state index contributed by atoms with van der Waals surface area (Å²) in [6.45, 7) is 0.102. The summed E-state index contributed by atoms with van der Waals surface area (Å²) in [4.78, 5) is 12.6. The molecule has 1 aliphatic carbocycles. The summed E-state index contributed by atoms with van der Waals surface area (Å²) in [7, 11) is -3.10. The van der Waals surface area contributed by atoms with Crippen LogP contribution in [0.4, 0.5) is 0 Å². The SMILES string of the molecule is CS(=O)(=O)CCNC(=O)c1nn(-c2ccccc2)c2c1CCCCC2. The first-order valence-electron chi connectivity index (χ1n) is 8.58. The minimum absolute atomic E-state index is 0.0691. The molecule has 0 radical (unpaired) electrons. The van der Waals surface area contributed by atoms with Gasteiger partial charge in [-0.15, -0.1) is 0 Å². The van der Waals surface area contributed by atoms with Crippen molar-refractivity contribution in [2.24, 2.45) is 0 Å². The van der Waals surface area contributed by atoms with Crippen LogP contribution in [0.2, 0.25) is 0 Å². The van der Waals surface area contributed by atoms with Gasteiger partial charge in [0, 0.05) is 24.1 Å². The van der Waals surface area contributed by atoms with Crippen LogP contribution in [0.15, 0.2) is 30.3 Å². The van der Waals surface area contributed by atoms with Gasteiger partial charge in [0.15, 0.2) is 5.69 Å². The molecule has 0 spiro atoms. The van der Waals surface area contributed by atoms with E-state index in [0.717, 1.165) is 55.3 Å². The highest BCUT2D eigenvalue weighted by atomic mass is 32.2. The third-order valence-electron chi connectivity index (χ3n) is 4.40. The Morgan fingerprint density at radius 2 is 1.88 bits per heavy atom. The molecule has 25 heavy (non-hydrogen) atoms. The lowest BCUT2D eigenvalue weighted by molar-refractivity contribution is 0.0950. The summed E-state index contributed by atoms with van der Waals surface area (Å²) in [6.07, 6.45) is 6.15. The van der Waals surface area contributed by atoms with E-state index in [1.807, 2.05) is 35.0 Å².